The second kappa shape index (κ2) is 8.22. The summed E-state index contributed by atoms with van der Waals surface area (Å²) >= 11 is 0. The van der Waals surface area contributed by atoms with Crippen molar-refractivity contribution in [3.63, 3.8) is 0 Å². The van der Waals surface area contributed by atoms with Gasteiger partial charge < -0.3 is 19.0 Å². The number of rotatable bonds is 5. The first-order chi connectivity index (χ1) is 15.3. The first-order valence-corrected chi connectivity index (χ1v) is 10.5. The van der Waals surface area contributed by atoms with Gasteiger partial charge in [-0.1, -0.05) is 31.2 Å². The molecular formula is C23H24N6O2. The van der Waals surface area contributed by atoms with Gasteiger partial charge in [0.15, 0.2) is 11.5 Å². The van der Waals surface area contributed by atoms with Gasteiger partial charge in [-0.2, -0.15) is 0 Å². The van der Waals surface area contributed by atoms with Gasteiger partial charge in [-0.05, 0) is 24.3 Å². The summed E-state index contributed by atoms with van der Waals surface area (Å²) < 4.78 is 11.0. The van der Waals surface area contributed by atoms with Gasteiger partial charge in [-0.3, -0.25) is 0 Å². The standard InChI is InChI=1S/C23H24N6O2/c1-3-20-24-27-23(31-20)21-18-6-4-5-7-19(18)22(26-25-21)29-14-12-28(13-15-29)16-8-10-17(30-2)11-9-16/h4-11H,3,12-15H2,1-2H3. The molecule has 2 aromatic carbocycles. The number of nitrogens with zero attached hydrogens (tertiary/aromatic N) is 6. The molecule has 0 saturated carbocycles. The lowest BCUT2D eigenvalue weighted by Crippen LogP contribution is -2.47. The first-order valence-electron chi connectivity index (χ1n) is 10.5. The zero-order chi connectivity index (χ0) is 21.2. The van der Waals surface area contributed by atoms with Crippen LogP contribution in [0.3, 0.4) is 0 Å². The predicted octanol–water partition coefficient (Wildman–Crippen LogP) is 3.58. The number of ether oxygens (including phenoxy) is 1. The van der Waals surface area contributed by atoms with Crippen LogP contribution < -0.4 is 14.5 Å². The minimum atomic E-state index is 0.413. The summed E-state index contributed by atoms with van der Waals surface area (Å²) in [6.07, 6.45) is 0.689. The Bertz CT molecular complexity index is 1180. The van der Waals surface area contributed by atoms with Crippen LogP contribution in [0.15, 0.2) is 52.9 Å². The van der Waals surface area contributed by atoms with Crippen molar-refractivity contribution in [1.82, 2.24) is 20.4 Å². The van der Waals surface area contributed by atoms with Crippen LogP contribution in [0.2, 0.25) is 0 Å². The molecule has 0 spiro atoms. The van der Waals surface area contributed by atoms with Gasteiger partial charge in [0.1, 0.15) is 5.75 Å². The Morgan fingerprint density at radius 2 is 1.55 bits per heavy atom. The lowest BCUT2D eigenvalue weighted by atomic mass is 10.1. The van der Waals surface area contributed by atoms with Crippen LogP contribution >= 0.6 is 0 Å². The lowest BCUT2D eigenvalue weighted by molar-refractivity contribution is 0.415. The normalized spacial score (nSPS) is 14.3. The summed E-state index contributed by atoms with van der Waals surface area (Å²) in [5.74, 6) is 2.77. The fraction of sp³-hybridized carbons (Fsp3) is 0.304. The van der Waals surface area contributed by atoms with Crippen LogP contribution in [0.25, 0.3) is 22.4 Å². The number of piperazine rings is 1. The monoisotopic (exact) mass is 416 g/mol. The minimum absolute atomic E-state index is 0.413. The molecule has 5 rings (SSSR count). The molecule has 4 aromatic rings. The first kappa shape index (κ1) is 19.3. The molecule has 0 aliphatic carbocycles. The zero-order valence-corrected chi connectivity index (χ0v) is 17.7. The second-order valence-electron chi connectivity index (χ2n) is 7.44. The molecule has 8 heteroatoms. The van der Waals surface area contributed by atoms with E-state index in [1.54, 1.807) is 7.11 Å². The Morgan fingerprint density at radius 1 is 0.839 bits per heavy atom. The Labute approximate surface area is 180 Å². The summed E-state index contributed by atoms with van der Waals surface area (Å²) in [4.78, 5) is 4.68. The fourth-order valence-corrected chi connectivity index (χ4v) is 3.94. The van der Waals surface area contributed by atoms with Crippen LogP contribution in [0.1, 0.15) is 12.8 Å². The van der Waals surface area contributed by atoms with E-state index in [0.717, 1.165) is 48.5 Å². The molecule has 1 aliphatic heterocycles. The highest BCUT2D eigenvalue weighted by molar-refractivity contribution is 5.99. The van der Waals surface area contributed by atoms with E-state index in [2.05, 4.69) is 48.4 Å². The number of fused-ring (bicyclic) bond motifs is 1. The quantitative estimate of drug-likeness (QED) is 0.488. The average Bonchev–Trinajstić information content (AvgIpc) is 3.33. The van der Waals surface area contributed by atoms with Crippen LogP contribution in [-0.4, -0.2) is 53.7 Å². The fourth-order valence-electron chi connectivity index (χ4n) is 3.94. The average molecular weight is 416 g/mol. The van der Waals surface area contributed by atoms with Gasteiger partial charge in [-0.15, -0.1) is 20.4 Å². The van der Waals surface area contributed by atoms with E-state index < -0.39 is 0 Å². The van der Waals surface area contributed by atoms with E-state index in [0.29, 0.717) is 23.9 Å². The molecule has 31 heavy (non-hydrogen) atoms. The molecule has 0 N–H and O–H groups in total. The van der Waals surface area contributed by atoms with Crippen molar-refractivity contribution < 1.29 is 9.15 Å². The maximum atomic E-state index is 5.74. The molecule has 1 aliphatic rings. The predicted molar refractivity (Wildman–Crippen MR) is 120 cm³/mol. The van der Waals surface area contributed by atoms with Crippen molar-refractivity contribution in [2.45, 2.75) is 13.3 Å². The Morgan fingerprint density at radius 3 is 2.23 bits per heavy atom. The summed E-state index contributed by atoms with van der Waals surface area (Å²) in [6.45, 7) is 5.53. The van der Waals surface area contributed by atoms with Crippen LogP contribution in [0, 0.1) is 0 Å². The summed E-state index contributed by atoms with van der Waals surface area (Å²) in [6, 6.07) is 16.3. The Hall–Kier alpha value is -3.68. The van der Waals surface area contributed by atoms with E-state index in [1.807, 2.05) is 37.3 Å². The summed E-state index contributed by atoms with van der Waals surface area (Å²) in [7, 11) is 1.69. The molecule has 0 unspecified atom stereocenters. The molecule has 3 heterocycles. The van der Waals surface area contributed by atoms with Crippen LogP contribution in [-0.2, 0) is 6.42 Å². The van der Waals surface area contributed by atoms with Gasteiger partial charge >= 0.3 is 0 Å². The van der Waals surface area contributed by atoms with Crippen LogP contribution in [0.5, 0.6) is 5.75 Å². The van der Waals surface area contributed by atoms with Crippen molar-refractivity contribution in [1.29, 1.82) is 0 Å². The third kappa shape index (κ3) is 3.65. The third-order valence-electron chi connectivity index (χ3n) is 5.66. The van der Waals surface area contributed by atoms with Crippen molar-refractivity contribution in [3.05, 3.63) is 54.4 Å². The van der Waals surface area contributed by atoms with E-state index in [4.69, 9.17) is 9.15 Å². The Kier molecular flexibility index (Phi) is 5.11. The number of aromatic nitrogens is 4. The molecule has 1 fully saturated rings. The second-order valence-corrected chi connectivity index (χ2v) is 7.44. The maximum Gasteiger partial charge on any atom is 0.268 e. The SMILES string of the molecule is CCc1nnc(-c2nnc(N3CCN(c4ccc(OC)cc4)CC3)c3ccccc23)o1. The van der Waals surface area contributed by atoms with E-state index in [9.17, 15) is 0 Å². The largest absolute Gasteiger partial charge is 0.497 e. The van der Waals surface area contributed by atoms with E-state index >= 15 is 0 Å². The molecule has 0 atom stereocenters. The van der Waals surface area contributed by atoms with Gasteiger partial charge in [0.05, 0.1) is 7.11 Å². The van der Waals surface area contributed by atoms with Crippen molar-refractivity contribution >= 4 is 22.3 Å². The topological polar surface area (TPSA) is 80.4 Å². The highest BCUT2D eigenvalue weighted by Crippen LogP contribution is 2.31. The molecule has 158 valence electrons. The Balaban J connectivity index is 1.40. The molecule has 0 radical (unpaired) electrons. The van der Waals surface area contributed by atoms with Gasteiger partial charge in [0.25, 0.3) is 5.89 Å². The van der Waals surface area contributed by atoms with Crippen molar-refractivity contribution in [2.75, 3.05) is 43.1 Å². The van der Waals surface area contributed by atoms with Gasteiger partial charge in [-0.25, -0.2) is 0 Å². The molecule has 0 bridgehead atoms. The lowest BCUT2D eigenvalue weighted by Gasteiger charge is -2.37. The maximum absolute atomic E-state index is 5.74. The van der Waals surface area contributed by atoms with Crippen LogP contribution in [0.4, 0.5) is 11.5 Å². The number of methoxy groups -OCH3 is 1. The number of hydrogen-bond acceptors (Lipinski definition) is 8. The van der Waals surface area contributed by atoms with E-state index in [-0.39, 0.29) is 0 Å². The molecule has 2 aromatic heterocycles. The van der Waals surface area contributed by atoms with Gasteiger partial charge in [0, 0.05) is 49.1 Å². The van der Waals surface area contributed by atoms with E-state index in [1.165, 1.54) is 5.69 Å². The number of anilines is 2. The summed E-state index contributed by atoms with van der Waals surface area (Å²) in [5, 5.41) is 19.3. The third-order valence-corrected chi connectivity index (χ3v) is 5.66. The summed E-state index contributed by atoms with van der Waals surface area (Å²) in [5.41, 5.74) is 1.83. The number of hydrogen-bond donors (Lipinski definition) is 0. The molecule has 1 saturated heterocycles. The minimum Gasteiger partial charge on any atom is -0.497 e. The smallest absolute Gasteiger partial charge is 0.268 e. The number of aryl methyl sites for hydroxylation is 1. The molecule has 0 amide bonds. The molecular weight excluding hydrogens is 392 g/mol. The zero-order valence-electron chi connectivity index (χ0n) is 17.7. The van der Waals surface area contributed by atoms with Gasteiger partial charge in [0.2, 0.25) is 5.89 Å². The van der Waals surface area contributed by atoms with Crippen molar-refractivity contribution in [3.8, 4) is 17.3 Å². The highest BCUT2D eigenvalue weighted by Gasteiger charge is 2.23. The highest BCUT2D eigenvalue weighted by atomic mass is 16.5. The molecule has 8 nitrogen and oxygen atoms in total. The number of benzene rings is 2. The van der Waals surface area contributed by atoms with Crippen molar-refractivity contribution in [2.24, 2.45) is 0 Å².